The third-order valence-corrected chi connectivity index (χ3v) is 3.55. The van der Waals surface area contributed by atoms with Crippen LogP contribution >= 0.6 is 0 Å². The van der Waals surface area contributed by atoms with Crippen molar-refractivity contribution in [3.8, 4) is 5.75 Å². The van der Waals surface area contributed by atoms with Gasteiger partial charge < -0.3 is 10.1 Å². The SMILES string of the molecule is CCC(=O)c1ccc(OCC(=O)N[C@@H](C)Cc2cc(C)[nH]n2)cc1. The third kappa shape index (κ3) is 5.22. The molecule has 1 amide bonds. The van der Waals surface area contributed by atoms with Crippen molar-refractivity contribution in [2.75, 3.05) is 6.61 Å². The molecule has 0 aliphatic heterocycles. The maximum absolute atomic E-state index is 11.9. The Labute approximate surface area is 141 Å². The Balaban J connectivity index is 1.77. The van der Waals surface area contributed by atoms with Crippen molar-refractivity contribution in [1.82, 2.24) is 15.5 Å². The minimum Gasteiger partial charge on any atom is -0.484 e. The minimum atomic E-state index is -0.191. The second-order valence-corrected chi connectivity index (χ2v) is 5.80. The molecule has 0 saturated heterocycles. The topological polar surface area (TPSA) is 84.1 Å². The number of aryl methyl sites for hydroxylation is 1. The van der Waals surface area contributed by atoms with Gasteiger partial charge in [0.1, 0.15) is 5.75 Å². The molecule has 0 fully saturated rings. The quantitative estimate of drug-likeness (QED) is 0.729. The van der Waals surface area contributed by atoms with Crippen molar-refractivity contribution in [1.29, 1.82) is 0 Å². The summed E-state index contributed by atoms with van der Waals surface area (Å²) in [5.74, 6) is 0.457. The van der Waals surface area contributed by atoms with Gasteiger partial charge in [0.2, 0.25) is 0 Å². The number of aromatic amines is 1. The number of rotatable bonds is 8. The zero-order valence-electron chi connectivity index (χ0n) is 14.3. The Kier molecular flexibility index (Phi) is 6.12. The van der Waals surface area contributed by atoms with Gasteiger partial charge in [-0.05, 0) is 44.2 Å². The number of nitrogens with one attached hydrogen (secondary N) is 2. The van der Waals surface area contributed by atoms with E-state index in [1.54, 1.807) is 24.3 Å². The number of ketones is 1. The summed E-state index contributed by atoms with van der Waals surface area (Å²) in [5, 5.41) is 9.90. The lowest BCUT2D eigenvalue weighted by molar-refractivity contribution is -0.123. The normalized spacial score (nSPS) is 11.8. The Morgan fingerprint density at radius 2 is 2.00 bits per heavy atom. The van der Waals surface area contributed by atoms with E-state index in [1.807, 2.05) is 26.8 Å². The Morgan fingerprint density at radius 3 is 2.58 bits per heavy atom. The summed E-state index contributed by atoms with van der Waals surface area (Å²) in [5.41, 5.74) is 2.56. The van der Waals surface area contributed by atoms with Crippen LogP contribution in [0.3, 0.4) is 0 Å². The van der Waals surface area contributed by atoms with Crippen molar-refractivity contribution < 1.29 is 14.3 Å². The van der Waals surface area contributed by atoms with E-state index >= 15 is 0 Å². The molecule has 0 bridgehead atoms. The first-order chi connectivity index (χ1) is 11.5. The highest BCUT2D eigenvalue weighted by atomic mass is 16.5. The largest absolute Gasteiger partial charge is 0.484 e. The number of H-pyrrole nitrogens is 1. The van der Waals surface area contributed by atoms with Gasteiger partial charge >= 0.3 is 0 Å². The van der Waals surface area contributed by atoms with Crippen LogP contribution in [0.15, 0.2) is 30.3 Å². The van der Waals surface area contributed by atoms with Crippen LogP contribution in [0.5, 0.6) is 5.75 Å². The van der Waals surface area contributed by atoms with E-state index in [2.05, 4.69) is 15.5 Å². The summed E-state index contributed by atoms with van der Waals surface area (Å²) in [6.07, 6.45) is 1.12. The first-order valence-electron chi connectivity index (χ1n) is 8.04. The number of hydrogen-bond acceptors (Lipinski definition) is 4. The number of hydrogen-bond donors (Lipinski definition) is 2. The molecule has 0 saturated carbocycles. The maximum atomic E-state index is 11.9. The summed E-state index contributed by atoms with van der Waals surface area (Å²) in [6, 6.07) is 8.74. The molecule has 0 radical (unpaired) electrons. The van der Waals surface area contributed by atoms with E-state index in [-0.39, 0.29) is 24.3 Å². The average molecular weight is 329 g/mol. The molecule has 0 spiro atoms. The lowest BCUT2D eigenvalue weighted by atomic mass is 10.1. The molecule has 0 aliphatic carbocycles. The van der Waals surface area contributed by atoms with Crippen molar-refractivity contribution in [2.24, 2.45) is 0 Å². The fourth-order valence-corrected chi connectivity index (χ4v) is 2.35. The van der Waals surface area contributed by atoms with Crippen molar-refractivity contribution in [3.05, 3.63) is 47.3 Å². The van der Waals surface area contributed by atoms with Crippen LogP contribution < -0.4 is 10.1 Å². The number of aromatic nitrogens is 2. The number of nitrogens with zero attached hydrogens (tertiary/aromatic N) is 1. The van der Waals surface area contributed by atoms with Gasteiger partial charge in [0.15, 0.2) is 12.4 Å². The number of Topliss-reactive ketones (excluding diaryl/α,β-unsaturated/α-hetero) is 1. The molecular formula is C18H23N3O3. The highest BCUT2D eigenvalue weighted by Crippen LogP contribution is 2.13. The van der Waals surface area contributed by atoms with Crippen LogP contribution in [0.25, 0.3) is 0 Å². The molecule has 128 valence electrons. The van der Waals surface area contributed by atoms with Gasteiger partial charge in [0, 0.05) is 30.1 Å². The number of ether oxygens (including phenoxy) is 1. The maximum Gasteiger partial charge on any atom is 0.258 e. The van der Waals surface area contributed by atoms with E-state index in [9.17, 15) is 9.59 Å². The second kappa shape index (κ2) is 8.29. The first-order valence-corrected chi connectivity index (χ1v) is 8.04. The fourth-order valence-electron chi connectivity index (χ4n) is 2.35. The standard InChI is InChI=1S/C18H23N3O3/c1-4-17(22)14-5-7-16(8-6-14)24-11-18(23)19-12(2)9-15-10-13(3)20-21-15/h5-8,10,12H,4,9,11H2,1-3H3,(H,19,23)(H,20,21)/t12-/m0/s1. The van der Waals surface area contributed by atoms with Gasteiger partial charge in [-0.15, -0.1) is 0 Å². The zero-order valence-corrected chi connectivity index (χ0v) is 14.3. The lowest BCUT2D eigenvalue weighted by Gasteiger charge is -2.13. The fraction of sp³-hybridized carbons (Fsp3) is 0.389. The van der Waals surface area contributed by atoms with Crippen molar-refractivity contribution >= 4 is 11.7 Å². The molecule has 1 heterocycles. The van der Waals surface area contributed by atoms with Crippen LogP contribution in [0.2, 0.25) is 0 Å². The van der Waals surface area contributed by atoms with Crippen LogP contribution in [-0.4, -0.2) is 34.5 Å². The summed E-state index contributed by atoms with van der Waals surface area (Å²) < 4.78 is 5.45. The van der Waals surface area contributed by atoms with E-state index in [1.165, 1.54) is 0 Å². The molecule has 0 unspecified atom stereocenters. The van der Waals surface area contributed by atoms with Crippen LogP contribution in [-0.2, 0) is 11.2 Å². The molecule has 1 aromatic carbocycles. The second-order valence-electron chi connectivity index (χ2n) is 5.80. The molecule has 1 atom stereocenters. The number of amides is 1. The molecule has 6 nitrogen and oxygen atoms in total. The average Bonchev–Trinajstić information content (AvgIpc) is 2.97. The molecule has 2 aromatic rings. The van der Waals surface area contributed by atoms with Crippen LogP contribution in [0.4, 0.5) is 0 Å². The van der Waals surface area contributed by atoms with Gasteiger partial charge in [0.05, 0.1) is 5.69 Å². The molecule has 6 heteroatoms. The van der Waals surface area contributed by atoms with E-state index < -0.39 is 0 Å². The van der Waals surface area contributed by atoms with Crippen LogP contribution in [0.1, 0.15) is 42.0 Å². The highest BCUT2D eigenvalue weighted by Gasteiger charge is 2.11. The van der Waals surface area contributed by atoms with Gasteiger partial charge in [-0.3, -0.25) is 14.7 Å². The predicted octanol–water partition coefficient (Wildman–Crippen LogP) is 2.44. The summed E-state index contributed by atoms with van der Waals surface area (Å²) >= 11 is 0. The highest BCUT2D eigenvalue weighted by molar-refractivity contribution is 5.95. The molecule has 1 aromatic heterocycles. The molecule has 0 aliphatic rings. The Morgan fingerprint density at radius 1 is 1.29 bits per heavy atom. The number of carbonyl (C=O) groups excluding carboxylic acids is 2. The first kappa shape index (κ1) is 17.7. The molecular weight excluding hydrogens is 306 g/mol. The van der Waals surface area contributed by atoms with Gasteiger partial charge in [-0.2, -0.15) is 5.10 Å². The predicted molar refractivity (Wildman–Crippen MR) is 91.2 cm³/mol. The summed E-state index contributed by atoms with van der Waals surface area (Å²) in [7, 11) is 0. The Bertz CT molecular complexity index is 692. The molecule has 2 N–H and O–H groups in total. The van der Waals surface area contributed by atoms with Gasteiger partial charge in [0.25, 0.3) is 5.91 Å². The van der Waals surface area contributed by atoms with Gasteiger partial charge in [-0.25, -0.2) is 0 Å². The van der Waals surface area contributed by atoms with E-state index in [4.69, 9.17) is 4.74 Å². The molecule has 24 heavy (non-hydrogen) atoms. The van der Waals surface area contributed by atoms with Crippen molar-refractivity contribution in [2.45, 2.75) is 39.7 Å². The zero-order chi connectivity index (χ0) is 17.5. The summed E-state index contributed by atoms with van der Waals surface area (Å²) in [4.78, 5) is 23.5. The number of benzene rings is 1. The van der Waals surface area contributed by atoms with Gasteiger partial charge in [-0.1, -0.05) is 6.92 Å². The Hall–Kier alpha value is -2.63. The van der Waals surface area contributed by atoms with Crippen molar-refractivity contribution in [3.63, 3.8) is 0 Å². The lowest BCUT2D eigenvalue weighted by Crippen LogP contribution is -2.37. The van der Waals surface area contributed by atoms with Crippen LogP contribution in [0, 0.1) is 6.92 Å². The summed E-state index contributed by atoms with van der Waals surface area (Å²) in [6.45, 7) is 5.62. The minimum absolute atomic E-state index is 0.0339. The molecule has 2 rings (SSSR count). The number of carbonyl (C=O) groups is 2. The third-order valence-electron chi connectivity index (χ3n) is 3.55. The van der Waals surface area contributed by atoms with E-state index in [0.717, 1.165) is 11.4 Å². The monoisotopic (exact) mass is 329 g/mol. The van der Waals surface area contributed by atoms with E-state index in [0.29, 0.717) is 24.2 Å². The smallest absolute Gasteiger partial charge is 0.258 e.